The number of halogens is 4. The molecule has 0 unspecified atom stereocenters. The first-order valence-electron chi connectivity index (χ1n) is 7.42. The lowest BCUT2D eigenvalue weighted by atomic mass is 10.1. The number of nitrogens with zero attached hydrogens (tertiary/aromatic N) is 3. The Morgan fingerprint density at radius 2 is 2.08 bits per heavy atom. The van der Waals surface area contributed by atoms with Crippen LogP contribution in [0.1, 0.15) is 22.8 Å². The summed E-state index contributed by atoms with van der Waals surface area (Å²) in [6.45, 7) is 0.298. The third-order valence-electron chi connectivity index (χ3n) is 3.36. The number of alkyl halides is 3. The lowest BCUT2D eigenvalue weighted by Gasteiger charge is -2.20. The van der Waals surface area contributed by atoms with Crippen LogP contribution in [0, 0.1) is 0 Å². The molecule has 2 aromatic rings. The van der Waals surface area contributed by atoms with Crippen molar-refractivity contribution in [1.82, 2.24) is 20.4 Å². The molecular formula is C15H19ClF3N5O2. The van der Waals surface area contributed by atoms with Gasteiger partial charge in [0.25, 0.3) is 0 Å². The summed E-state index contributed by atoms with van der Waals surface area (Å²) in [4.78, 5) is 17.3. The summed E-state index contributed by atoms with van der Waals surface area (Å²) in [6.07, 6.45) is -4.43. The molecule has 0 bridgehead atoms. The molecule has 0 radical (unpaired) electrons. The van der Waals surface area contributed by atoms with Crippen LogP contribution in [0.3, 0.4) is 0 Å². The first-order chi connectivity index (χ1) is 11.8. The molecule has 0 saturated heterocycles. The average Bonchev–Trinajstić information content (AvgIpc) is 3.01. The Labute approximate surface area is 154 Å². The summed E-state index contributed by atoms with van der Waals surface area (Å²) in [6, 6.07) is 4.95. The highest BCUT2D eigenvalue weighted by Gasteiger charge is 2.30. The standard InChI is InChI=1S/C15H18F3N5O2.ClH/c1-20-13(24)9-23(8-12-21-14(6-19)25-22-12)7-10-3-2-4-11(5-10)15(16,17)18;/h2-5H,6-9,19H2,1H3,(H,20,24);1H. The molecule has 2 rings (SSSR count). The molecule has 0 fully saturated rings. The van der Waals surface area contributed by atoms with Crippen molar-refractivity contribution in [2.45, 2.75) is 25.8 Å². The van der Waals surface area contributed by atoms with Gasteiger partial charge < -0.3 is 15.6 Å². The van der Waals surface area contributed by atoms with E-state index in [0.717, 1.165) is 12.1 Å². The molecule has 1 amide bonds. The summed E-state index contributed by atoms with van der Waals surface area (Å²) in [7, 11) is 1.48. The quantitative estimate of drug-likeness (QED) is 0.743. The number of nitrogens with two attached hydrogens (primary N) is 1. The zero-order chi connectivity index (χ0) is 18.4. The molecular weight excluding hydrogens is 375 g/mol. The van der Waals surface area contributed by atoms with Crippen molar-refractivity contribution in [3.63, 3.8) is 0 Å². The Bertz CT molecular complexity index is 723. The van der Waals surface area contributed by atoms with Gasteiger partial charge in [-0.15, -0.1) is 12.4 Å². The highest BCUT2D eigenvalue weighted by atomic mass is 35.5. The molecule has 0 aliphatic carbocycles. The minimum Gasteiger partial charge on any atom is -0.358 e. The van der Waals surface area contributed by atoms with E-state index in [-0.39, 0.29) is 50.4 Å². The second-order valence-electron chi connectivity index (χ2n) is 5.32. The molecule has 0 spiro atoms. The van der Waals surface area contributed by atoms with Crippen molar-refractivity contribution in [2.24, 2.45) is 5.73 Å². The molecule has 1 aromatic carbocycles. The number of benzene rings is 1. The zero-order valence-corrected chi connectivity index (χ0v) is 14.7. The van der Waals surface area contributed by atoms with Gasteiger partial charge in [-0.05, 0) is 11.6 Å². The number of amides is 1. The molecule has 3 N–H and O–H groups in total. The maximum atomic E-state index is 12.8. The Hall–Kier alpha value is -2.17. The van der Waals surface area contributed by atoms with Gasteiger partial charge in [-0.3, -0.25) is 9.69 Å². The largest absolute Gasteiger partial charge is 0.416 e. The second kappa shape index (κ2) is 9.51. The minimum atomic E-state index is -4.43. The maximum absolute atomic E-state index is 12.8. The molecule has 11 heteroatoms. The molecule has 1 heterocycles. The maximum Gasteiger partial charge on any atom is 0.416 e. The molecule has 0 aliphatic heterocycles. The van der Waals surface area contributed by atoms with E-state index in [0.29, 0.717) is 11.4 Å². The topological polar surface area (TPSA) is 97.3 Å². The minimum absolute atomic E-state index is 0. The van der Waals surface area contributed by atoms with Gasteiger partial charge in [0.05, 0.1) is 25.2 Å². The van der Waals surface area contributed by atoms with Crippen molar-refractivity contribution < 1.29 is 22.5 Å². The Kier molecular flexibility index (Phi) is 8.00. The monoisotopic (exact) mass is 393 g/mol. The van der Waals surface area contributed by atoms with Crippen molar-refractivity contribution in [1.29, 1.82) is 0 Å². The van der Waals surface area contributed by atoms with Gasteiger partial charge in [-0.1, -0.05) is 23.4 Å². The first-order valence-corrected chi connectivity index (χ1v) is 7.42. The van der Waals surface area contributed by atoms with Crippen LogP contribution in [-0.2, 0) is 30.6 Å². The number of hydrogen-bond acceptors (Lipinski definition) is 6. The van der Waals surface area contributed by atoms with Gasteiger partial charge in [0, 0.05) is 13.6 Å². The first kappa shape index (κ1) is 21.9. The number of nitrogens with one attached hydrogen (secondary N) is 1. The smallest absolute Gasteiger partial charge is 0.358 e. The molecule has 7 nitrogen and oxygen atoms in total. The van der Waals surface area contributed by atoms with E-state index in [1.54, 1.807) is 11.0 Å². The van der Waals surface area contributed by atoms with Gasteiger partial charge in [-0.2, -0.15) is 18.2 Å². The van der Waals surface area contributed by atoms with Gasteiger partial charge in [0.2, 0.25) is 11.8 Å². The van der Waals surface area contributed by atoms with Crippen LogP contribution in [-0.4, -0.2) is 34.5 Å². The van der Waals surface area contributed by atoms with E-state index in [9.17, 15) is 18.0 Å². The number of likely N-dealkylation sites (N-methyl/N-ethyl adjacent to an activating group) is 1. The molecule has 26 heavy (non-hydrogen) atoms. The van der Waals surface area contributed by atoms with E-state index in [1.807, 2.05) is 0 Å². The van der Waals surface area contributed by atoms with E-state index in [4.69, 9.17) is 10.3 Å². The van der Waals surface area contributed by atoms with Crippen molar-refractivity contribution in [2.75, 3.05) is 13.6 Å². The highest BCUT2D eigenvalue weighted by Crippen LogP contribution is 2.29. The van der Waals surface area contributed by atoms with Crippen molar-refractivity contribution in [3.8, 4) is 0 Å². The Balaban J connectivity index is 0.00000338. The van der Waals surface area contributed by atoms with Crippen LogP contribution >= 0.6 is 12.4 Å². The van der Waals surface area contributed by atoms with Crippen LogP contribution in [0.5, 0.6) is 0 Å². The Morgan fingerprint density at radius 3 is 2.65 bits per heavy atom. The van der Waals surface area contributed by atoms with E-state index in [2.05, 4.69) is 15.5 Å². The predicted octanol–water partition coefficient (Wildman–Crippen LogP) is 1.72. The van der Waals surface area contributed by atoms with Gasteiger partial charge in [0.15, 0.2) is 5.82 Å². The van der Waals surface area contributed by atoms with E-state index < -0.39 is 11.7 Å². The van der Waals surface area contributed by atoms with Crippen molar-refractivity contribution in [3.05, 3.63) is 47.1 Å². The molecule has 1 aromatic heterocycles. The van der Waals surface area contributed by atoms with Crippen molar-refractivity contribution >= 4 is 18.3 Å². The van der Waals surface area contributed by atoms with Crippen LogP contribution < -0.4 is 11.1 Å². The summed E-state index contributed by atoms with van der Waals surface area (Å²) in [5, 5.41) is 6.21. The summed E-state index contributed by atoms with van der Waals surface area (Å²) >= 11 is 0. The third kappa shape index (κ3) is 6.28. The van der Waals surface area contributed by atoms with Crippen LogP contribution in [0.2, 0.25) is 0 Å². The summed E-state index contributed by atoms with van der Waals surface area (Å²) < 4.78 is 43.4. The van der Waals surface area contributed by atoms with Gasteiger partial charge >= 0.3 is 6.18 Å². The van der Waals surface area contributed by atoms with E-state index >= 15 is 0 Å². The second-order valence-corrected chi connectivity index (χ2v) is 5.32. The lowest BCUT2D eigenvalue weighted by molar-refractivity contribution is -0.137. The number of carbonyl (C=O) groups excluding carboxylic acids is 1. The number of aromatic nitrogens is 2. The van der Waals surface area contributed by atoms with Crippen LogP contribution in [0.15, 0.2) is 28.8 Å². The average molecular weight is 394 g/mol. The van der Waals surface area contributed by atoms with Gasteiger partial charge in [-0.25, -0.2) is 0 Å². The number of carbonyl (C=O) groups is 1. The normalized spacial score (nSPS) is 11.3. The van der Waals surface area contributed by atoms with Crippen LogP contribution in [0.25, 0.3) is 0 Å². The van der Waals surface area contributed by atoms with Crippen LogP contribution in [0.4, 0.5) is 13.2 Å². The highest BCUT2D eigenvalue weighted by molar-refractivity contribution is 5.85. The van der Waals surface area contributed by atoms with E-state index in [1.165, 1.54) is 13.1 Å². The molecule has 0 aliphatic rings. The fourth-order valence-electron chi connectivity index (χ4n) is 2.19. The van der Waals surface area contributed by atoms with Gasteiger partial charge in [0.1, 0.15) is 0 Å². The number of hydrogen-bond donors (Lipinski definition) is 2. The lowest BCUT2D eigenvalue weighted by Crippen LogP contribution is -2.35. The number of rotatable bonds is 7. The SMILES string of the molecule is CNC(=O)CN(Cc1cccc(C(F)(F)F)c1)Cc1noc(CN)n1.Cl. The molecule has 144 valence electrons. The summed E-state index contributed by atoms with van der Waals surface area (Å²) in [5.41, 5.74) is 5.07. The Morgan fingerprint density at radius 1 is 1.35 bits per heavy atom. The predicted molar refractivity (Wildman–Crippen MR) is 89.1 cm³/mol. The zero-order valence-electron chi connectivity index (χ0n) is 13.9. The molecule has 0 saturated carbocycles. The fourth-order valence-corrected chi connectivity index (χ4v) is 2.19. The third-order valence-corrected chi connectivity index (χ3v) is 3.36. The summed E-state index contributed by atoms with van der Waals surface area (Å²) in [5.74, 6) is 0.264. The molecule has 0 atom stereocenters. The fraction of sp³-hybridized carbons (Fsp3) is 0.400.